The monoisotopic (exact) mass is 270 g/mol. The Morgan fingerprint density at radius 2 is 1.84 bits per heavy atom. The topological polar surface area (TPSA) is 86.7 Å². The van der Waals surface area contributed by atoms with Crippen molar-refractivity contribution in [2.24, 2.45) is 11.8 Å². The summed E-state index contributed by atoms with van der Waals surface area (Å²) in [5.41, 5.74) is 0. The Hall–Kier alpha value is -1.59. The van der Waals surface area contributed by atoms with Gasteiger partial charge in [0, 0.05) is 13.1 Å². The van der Waals surface area contributed by atoms with Crippen molar-refractivity contribution >= 4 is 17.8 Å². The Morgan fingerprint density at radius 3 is 2.37 bits per heavy atom. The third-order valence-corrected chi connectivity index (χ3v) is 3.55. The first kappa shape index (κ1) is 15.5. The lowest BCUT2D eigenvalue weighted by Crippen LogP contribution is -2.44. The van der Waals surface area contributed by atoms with Crippen LogP contribution in [0, 0.1) is 11.8 Å². The SMILES string of the molecule is CCNC(=O)CN(CC)C(=O)C1CCCC1C(=O)O. The zero-order chi connectivity index (χ0) is 14.4. The predicted molar refractivity (Wildman–Crippen MR) is 69.4 cm³/mol. The van der Waals surface area contributed by atoms with E-state index in [4.69, 9.17) is 5.11 Å². The lowest BCUT2D eigenvalue weighted by molar-refractivity contribution is -0.149. The van der Waals surface area contributed by atoms with Crippen LogP contribution in [0.25, 0.3) is 0 Å². The van der Waals surface area contributed by atoms with Gasteiger partial charge in [-0.2, -0.15) is 0 Å². The number of aliphatic carboxylic acids is 1. The Kier molecular flexibility index (Phi) is 5.79. The summed E-state index contributed by atoms with van der Waals surface area (Å²) in [5.74, 6) is -2.41. The molecule has 0 aliphatic heterocycles. The van der Waals surface area contributed by atoms with Crippen molar-refractivity contribution in [2.45, 2.75) is 33.1 Å². The fourth-order valence-electron chi connectivity index (χ4n) is 2.56. The molecule has 0 radical (unpaired) electrons. The maximum absolute atomic E-state index is 12.3. The smallest absolute Gasteiger partial charge is 0.307 e. The fraction of sp³-hybridized carbons (Fsp3) is 0.769. The van der Waals surface area contributed by atoms with Gasteiger partial charge in [-0.15, -0.1) is 0 Å². The predicted octanol–water partition coefficient (Wildman–Crippen LogP) is 0.472. The Labute approximate surface area is 113 Å². The first-order chi connectivity index (χ1) is 9.01. The highest BCUT2D eigenvalue weighted by atomic mass is 16.4. The number of hydrogen-bond donors (Lipinski definition) is 2. The van der Waals surface area contributed by atoms with E-state index in [0.717, 1.165) is 6.42 Å². The third kappa shape index (κ3) is 3.94. The maximum Gasteiger partial charge on any atom is 0.307 e. The number of carboxylic acids is 1. The second-order valence-electron chi connectivity index (χ2n) is 4.79. The summed E-state index contributed by atoms with van der Waals surface area (Å²) in [4.78, 5) is 36.4. The molecule has 1 saturated carbocycles. The van der Waals surface area contributed by atoms with E-state index in [-0.39, 0.29) is 18.4 Å². The van der Waals surface area contributed by atoms with Gasteiger partial charge in [0.25, 0.3) is 0 Å². The number of amides is 2. The van der Waals surface area contributed by atoms with Crippen molar-refractivity contribution < 1.29 is 19.5 Å². The molecule has 1 aliphatic carbocycles. The first-order valence-corrected chi connectivity index (χ1v) is 6.79. The molecule has 6 nitrogen and oxygen atoms in total. The second-order valence-corrected chi connectivity index (χ2v) is 4.79. The highest BCUT2D eigenvalue weighted by Crippen LogP contribution is 2.33. The standard InChI is InChI=1S/C13H22N2O4/c1-3-14-11(16)8-15(4-2)12(17)9-6-5-7-10(9)13(18)19/h9-10H,3-8H2,1-2H3,(H,14,16)(H,18,19). The van der Waals surface area contributed by atoms with Crippen LogP contribution >= 0.6 is 0 Å². The minimum absolute atomic E-state index is 0.00596. The number of rotatable bonds is 6. The lowest BCUT2D eigenvalue weighted by atomic mass is 9.94. The van der Waals surface area contributed by atoms with Crippen LogP contribution in [0.5, 0.6) is 0 Å². The molecule has 6 heteroatoms. The van der Waals surface area contributed by atoms with E-state index in [2.05, 4.69) is 5.32 Å². The molecule has 0 spiro atoms. The molecule has 0 aromatic rings. The van der Waals surface area contributed by atoms with E-state index in [1.165, 1.54) is 4.90 Å². The van der Waals surface area contributed by atoms with Crippen LogP contribution in [-0.4, -0.2) is 47.4 Å². The molecule has 2 N–H and O–H groups in total. The molecule has 1 fully saturated rings. The Balaban J connectivity index is 2.67. The zero-order valence-electron chi connectivity index (χ0n) is 11.5. The Morgan fingerprint density at radius 1 is 1.21 bits per heavy atom. The minimum Gasteiger partial charge on any atom is -0.481 e. The van der Waals surface area contributed by atoms with Crippen LogP contribution in [0.4, 0.5) is 0 Å². The summed E-state index contributed by atoms with van der Waals surface area (Å²) in [6, 6.07) is 0. The first-order valence-electron chi connectivity index (χ1n) is 6.79. The molecule has 1 aliphatic rings. The Bertz CT molecular complexity index is 357. The number of likely N-dealkylation sites (N-methyl/N-ethyl adjacent to an activating group) is 2. The molecule has 1 rings (SSSR count). The van der Waals surface area contributed by atoms with E-state index >= 15 is 0 Å². The van der Waals surface area contributed by atoms with Gasteiger partial charge in [-0.1, -0.05) is 6.42 Å². The molecule has 108 valence electrons. The number of nitrogens with zero attached hydrogens (tertiary/aromatic N) is 1. The number of carbonyl (C=O) groups excluding carboxylic acids is 2. The summed E-state index contributed by atoms with van der Waals surface area (Å²) in [7, 11) is 0. The van der Waals surface area contributed by atoms with Crippen molar-refractivity contribution in [3.63, 3.8) is 0 Å². The van der Waals surface area contributed by atoms with Crippen molar-refractivity contribution in [2.75, 3.05) is 19.6 Å². The van der Waals surface area contributed by atoms with Gasteiger partial charge >= 0.3 is 5.97 Å². The minimum atomic E-state index is -0.912. The van der Waals surface area contributed by atoms with Gasteiger partial charge in [-0.05, 0) is 26.7 Å². The van der Waals surface area contributed by atoms with Gasteiger partial charge in [0.2, 0.25) is 11.8 Å². The largest absolute Gasteiger partial charge is 0.481 e. The van der Waals surface area contributed by atoms with Crippen molar-refractivity contribution in [1.29, 1.82) is 0 Å². The van der Waals surface area contributed by atoms with Crippen LogP contribution in [-0.2, 0) is 14.4 Å². The normalized spacial score (nSPS) is 22.0. The van der Waals surface area contributed by atoms with E-state index in [9.17, 15) is 14.4 Å². The van der Waals surface area contributed by atoms with Gasteiger partial charge in [0.1, 0.15) is 0 Å². The van der Waals surface area contributed by atoms with Crippen LogP contribution in [0.1, 0.15) is 33.1 Å². The van der Waals surface area contributed by atoms with Gasteiger partial charge in [-0.3, -0.25) is 14.4 Å². The van der Waals surface area contributed by atoms with Gasteiger partial charge in [0.15, 0.2) is 0 Å². The maximum atomic E-state index is 12.3. The van der Waals surface area contributed by atoms with Gasteiger partial charge in [0.05, 0.1) is 18.4 Å². The molecule has 0 saturated heterocycles. The van der Waals surface area contributed by atoms with Crippen LogP contribution in [0.3, 0.4) is 0 Å². The average molecular weight is 270 g/mol. The van der Waals surface area contributed by atoms with Gasteiger partial charge in [-0.25, -0.2) is 0 Å². The second kappa shape index (κ2) is 7.11. The molecule has 0 aromatic heterocycles. The number of nitrogens with one attached hydrogen (secondary N) is 1. The van der Waals surface area contributed by atoms with Crippen LogP contribution < -0.4 is 5.32 Å². The molecule has 2 unspecified atom stereocenters. The van der Waals surface area contributed by atoms with Crippen LogP contribution in [0.2, 0.25) is 0 Å². The third-order valence-electron chi connectivity index (χ3n) is 3.55. The highest BCUT2D eigenvalue weighted by Gasteiger charge is 2.39. The summed E-state index contributed by atoms with van der Waals surface area (Å²) in [5, 5.41) is 11.7. The van der Waals surface area contributed by atoms with Crippen molar-refractivity contribution in [1.82, 2.24) is 10.2 Å². The summed E-state index contributed by atoms with van der Waals surface area (Å²) < 4.78 is 0. The number of carbonyl (C=O) groups is 3. The van der Waals surface area contributed by atoms with E-state index in [0.29, 0.717) is 25.9 Å². The summed E-state index contributed by atoms with van der Waals surface area (Å²) >= 11 is 0. The molecule has 19 heavy (non-hydrogen) atoms. The average Bonchev–Trinajstić information content (AvgIpc) is 2.84. The molecular formula is C13H22N2O4. The van der Waals surface area contributed by atoms with E-state index < -0.39 is 17.8 Å². The highest BCUT2D eigenvalue weighted by molar-refractivity contribution is 5.88. The molecule has 0 aromatic carbocycles. The van der Waals surface area contributed by atoms with E-state index in [1.807, 2.05) is 6.92 Å². The fourth-order valence-corrected chi connectivity index (χ4v) is 2.56. The van der Waals surface area contributed by atoms with Gasteiger partial charge < -0.3 is 15.3 Å². The quantitative estimate of drug-likeness (QED) is 0.734. The summed E-state index contributed by atoms with van der Waals surface area (Å²) in [6.45, 7) is 4.55. The zero-order valence-corrected chi connectivity index (χ0v) is 11.5. The van der Waals surface area contributed by atoms with Crippen molar-refractivity contribution in [3.8, 4) is 0 Å². The molecule has 0 bridgehead atoms. The molecule has 0 heterocycles. The number of hydrogen-bond acceptors (Lipinski definition) is 3. The van der Waals surface area contributed by atoms with E-state index in [1.54, 1.807) is 6.92 Å². The number of carboxylic acid groups (broad SMARTS) is 1. The van der Waals surface area contributed by atoms with Crippen LogP contribution in [0.15, 0.2) is 0 Å². The molecule has 2 atom stereocenters. The van der Waals surface area contributed by atoms with Crippen molar-refractivity contribution in [3.05, 3.63) is 0 Å². The summed E-state index contributed by atoms with van der Waals surface area (Å²) in [6.07, 6.45) is 1.90. The molecular weight excluding hydrogens is 248 g/mol. The molecule has 2 amide bonds. The lowest BCUT2D eigenvalue weighted by Gasteiger charge is -2.25.